The molecule has 3 N–H and O–H groups in total. The quantitative estimate of drug-likeness (QED) is 0.0881. The molecule has 0 aliphatic carbocycles. The van der Waals surface area contributed by atoms with Crippen LogP contribution in [-0.4, -0.2) is 93.0 Å². The Kier molecular flexibility index (Phi) is 14.4. The van der Waals surface area contributed by atoms with E-state index in [9.17, 15) is 14.4 Å². The third-order valence-corrected chi connectivity index (χ3v) is 14.2. The summed E-state index contributed by atoms with van der Waals surface area (Å²) in [7, 11) is 0. The summed E-state index contributed by atoms with van der Waals surface area (Å²) in [6.45, 7) is 3.12. The van der Waals surface area contributed by atoms with Gasteiger partial charge in [-0.05, 0) is 49.9 Å². The van der Waals surface area contributed by atoms with Gasteiger partial charge in [0.2, 0.25) is 17.9 Å². The third kappa shape index (κ3) is 10.5. The highest BCUT2D eigenvalue weighted by molar-refractivity contribution is 7.10. The fourth-order valence-corrected chi connectivity index (χ4v) is 10.3. The molecule has 2 aliphatic rings. The molecule has 8 aromatic rings. The number of rotatable bonds is 14. The Morgan fingerprint density at radius 2 is 1.04 bits per heavy atom. The first kappa shape index (κ1) is 46.0. The molecule has 6 heterocycles. The Bertz CT molecular complexity index is 2960. The molecule has 0 spiro atoms. The lowest BCUT2D eigenvalue weighted by atomic mass is 9.80. The van der Waals surface area contributed by atoms with Crippen LogP contribution in [0.3, 0.4) is 0 Å². The summed E-state index contributed by atoms with van der Waals surface area (Å²) in [5, 5.41) is 29.2. The minimum Gasteiger partial charge on any atom is -0.387 e. The Morgan fingerprint density at radius 3 is 1.49 bits per heavy atom. The van der Waals surface area contributed by atoms with Gasteiger partial charge in [0, 0.05) is 94.5 Å². The van der Waals surface area contributed by atoms with Crippen molar-refractivity contribution < 1.29 is 38.0 Å². The monoisotopic (exact) mass is 950 g/mol. The standard InChI is InChI=1S/C25H24N4O4S.C25H22N4O4S/c2*30-14-21-28-22(29-33-21)18-7-4-8-19(13-18)23(31)26-16-25(9-11-32-12-10-25)24-27-20(15-34-24)17-5-2-1-3-6-17/h1-8,13,15,30H,9-12,14,16H2,(H,26,31);1-8,13-15H,9-12,16H2,(H,26,31). The number of carbonyl (C=O) groups excluding carboxylic acids is 3. The average Bonchev–Trinajstić information content (AvgIpc) is 4.27. The SMILES string of the molecule is O=C(NCC1(c2nc(-c3ccccc3)cs2)CCOCC1)c1cccc(-c2noc(CO)n2)c1.O=Cc1nc(-c2cccc(C(=O)NCC3(c4nc(-c5ccccc5)cs4)CCOCC3)c2)no1. The van der Waals surface area contributed by atoms with Gasteiger partial charge >= 0.3 is 0 Å². The van der Waals surface area contributed by atoms with Crippen molar-refractivity contribution in [2.24, 2.45) is 0 Å². The zero-order valence-corrected chi connectivity index (χ0v) is 38.3. The van der Waals surface area contributed by atoms with E-state index in [1.165, 1.54) is 0 Å². The summed E-state index contributed by atoms with van der Waals surface area (Å²) >= 11 is 3.26. The highest BCUT2D eigenvalue weighted by Gasteiger charge is 2.39. The topological polar surface area (TPSA) is 218 Å². The molecule has 346 valence electrons. The minimum absolute atomic E-state index is 0.107. The predicted octanol–water partition coefficient (Wildman–Crippen LogP) is 7.98. The average molecular weight is 951 g/mol. The number of aromatic nitrogens is 6. The molecule has 4 aromatic heterocycles. The number of aldehydes is 1. The van der Waals surface area contributed by atoms with Crippen molar-refractivity contribution in [3.8, 4) is 45.3 Å². The van der Waals surface area contributed by atoms with Gasteiger partial charge in [-0.3, -0.25) is 14.4 Å². The molecule has 0 atom stereocenters. The first-order valence-corrected chi connectivity index (χ1v) is 23.8. The molecule has 10 rings (SSSR count). The number of hydrogen-bond donors (Lipinski definition) is 3. The Morgan fingerprint density at radius 1 is 0.588 bits per heavy atom. The van der Waals surface area contributed by atoms with Gasteiger partial charge in [0.25, 0.3) is 23.6 Å². The summed E-state index contributed by atoms with van der Waals surface area (Å²) in [4.78, 5) is 55.0. The zero-order chi connectivity index (χ0) is 46.8. The maximum Gasteiger partial charge on any atom is 0.291 e. The molecule has 2 amide bonds. The number of amides is 2. The molecule has 16 nitrogen and oxygen atoms in total. The van der Waals surface area contributed by atoms with Crippen molar-refractivity contribution in [2.75, 3.05) is 39.5 Å². The number of benzene rings is 4. The third-order valence-electron chi connectivity index (χ3n) is 12.0. The number of nitrogens with zero attached hydrogens (tertiary/aromatic N) is 6. The summed E-state index contributed by atoms with van der Waals surface area (Å²) < 4.78 is 21.1. The largest absolute Gasteiger partial charge is 0.387 e. The van der Waals surface area contributed by atoms with Crippen molar-refractivity contribution >= 4 is 40.8 Å². The van der Waals surface area contributed by atoms with E-state index in [-0.39, 0.29) is 46.9 Å². The van der Waals surface area contributed by atoms with Crippen molar-refractivity contribution in [3.05, 3.63) is 153 Å². The number of thiazole rings is 2. The van der Waals surface area contributed by atoms with E-state index in [0.29, 0.717) is 73.9 Å². The minimum atomic E-state index is -0.332. The van der Waals surface area contributed by atoms with E-state index < -0.39 is 0 Å². The van der Waals surface area contributed by atoms with Gasteiger partial charge in [0.05, 0.1) is 11.4 Å². The molecule has 2 fully saturated rings. The number of nitrogens with one attached hydrogen (secondary N) is 2. The Hall–Kier alpha value is -7.09. The zero-order valence-electron chi connectivity index (χ0n) is 36.7. The van der Waals surface area contributed by atoms with E-state index in [4.69, 9.17) is 33.6 Å². The van der Waals surface area contributed by atoms with Gasteiger partial charge in [-0.15, -0.1) is 22.7 Å². The van der Waals surface area contributed by atoms with Crippen LogP contribution < -0.4 is 10.6 Å². The van der Waals surface area contributed by atoms with Gasteiger partial charge in [0.1, 0.15) is 16.6 Å². The Labute approximate surface area is 398 Å². The first-order valence-electron chi connectivity index (χ1n) is 22.0. The van der Waals surface area contributed by atoms with Crippen molar-refractivity contribution in [3.63, 3.8) is 0 Å². The Balaban J connectivity index is 0.000000170. The van der Waals surface area contributed by atoms with Gasteiger partial charge in [-0.1, -0.05) is 95.2 Å². The van der Waals surface area contributed by atoms with Crippen LogP contribution in [0.2, 0.25) is 0 Å². The molecule has 0 radical (unpaired) electrons. The fourth-order valence-electron chi connectivity index (χ4n) is 8.11. The summed E-state index contributed by atoms with van der Waals surface area (Å²) in [5.74, 6) is 0.226. The lowest BCUT2D eigenvalue weighted by Crippen LogP contribution is -2.44. The maximum atomic E-state index is 13.1. The molecule has 0 unspecified atom stereocenters. The van der Waals surface area contributed by atoms with Crippen LogP contribution in [0.25, 0.3) is 45.3 Å². The number of aliphatic hydroxyl groups is 1. The van der Waals surface area contributed by atoms with Crippen LogP contribution >= 0.6 is 22.7 Å². The smallest absolute Gasteiger partial charge is 0.291 e. The van der Waals surface area contributed by atoms with Crippen LogP contribution in [0, 0.1) is 0 Å². The van der Waals surface area contributed by atoms with Crippen molar-refractivity contribution in [2.45, 2.75) is 43.1 Å². The number of carbonyl (C=O) groups is 3. The molecule has 0 bridgehead atoms. The predicted molar refractivity (Wildman–Crippen MR) is 254 cm³/mol. The summed E-state index contributed by atoms with van der Waals surface area (Å²) in [5.41, 5.74) is 5.71. The molecule has 4 aromatic carbocycles. The number of hydrogen-bond acceptors (Lipinski definition) is 16. The summed E-state index contributed by atoms with van der Waals surface area (Å²) in [6.07, 6.45) is 3.64. The van der Waals surface area contributed by atoms with E-state index in [2.05, 4.69) is 53.8 Å². The number of ether oxygens (including phenoxy) is 2. The molecular formula is C50H46N8O8S2. The van der Waals surface area contributed by atoms with E-state index in [1.54, 1.807) is 71.2 Å². The van der Waals surface area contributed by atoms with E-state index in [1.807, 2.05) is 48.5 Å². The highest BCUT2D eigenvalue weighted by Crippen LogP contribution is 2.39. The van der Waals surface area contributed by atoms with Crippen molar-refractivity contribution in [1.82, 2.24) is 40.9 Å². The van der Waals surface area contributed by atoms with Gasteiger partial charge in [-0.2, -0.15) is 9.97 Å². The molecule has 2 aliphatic heterocycles. The van der Waals surface area contributed by atoms with Crippen LogP contribution in [0.4, 0.5) is 0 Å². The molecule has 18 heteroatoms. The highest BCUT2D eigenvalue weighted by atomic mass is 32.1. The molecular weight excluding hydrogens is 905 g/mol. The van der Waals surface area contributed by atoms with Crippen LogP contribution in [0.15, 0.2) is 129 Å². The van der Waals surface area contributed by atoms with E-state index >= 15 is 0 Å². The maximum absolute atomic E-state index is 13.1. The summed E-state index contributed by atoms with van der Waals surface area (Å²) in [6, 6.07) is 34.2. The number of aliphatic hydroxyl groups excluding tert-OH is 1. The van der Waals surface area contributed by atoms with Gasteiger partial charge < -0.3 is 34.3 Å². The first-order chi connectivity index (χ1) is 33.3. The van der Waals surface area contributed by atoms with Gasteiger partial charge in [0.15, 0.2) is 0 Å². The second-order valence-electron chi connectivity index (χ2n) is 16.4. The van der Waals surface area contributed by atoms with Crippen LogP contribution in [0.5, 0.6) is 0 Å². The van der Waals surface area contributed by atoms with Gasteiger partial charge in [-0.25, -0.2) is 9.97 Å². The van der Waals surface area contributed by atoms with Crippen LogP contribution in [-0.2, 0) is 26.9 Å². The fraction of sp³-hybridized carbons (Fsp3) is 0.260. The second-order valence-corrected chi connectivity index (χ2v) is 18.1. The van der Waals surface area contributed by atoms with Crippen molar-refractivity contribution in [1.29, 1.82) is 0 Å². The second kappa shape index (κ2) is 21.3. The molecule has 2 saturated heterocycles. The molecule has 0 saturated carbocycles. The lowest BCUT2D eigenvalue weighted by Gasteiger charge is -2.35. The van der Waals surface area contributed by atoms with Crippen LogP contribution in [0.1, 0.15) is 73.0 Å². The normalized spacial score (nSPS) is 15.1. The lowest BCUT2D eigenvalue weighted by molar-refractivity contribution is 0.0486. The van der Waals surface area contributed by atoms with E-state index in [0.717, 1.165) is 58.2 Å². The molecule has 68 heavy (non-hydrogen) atoms.